The summed E-state index contributed by atoms with van der Waals surface area (Å²) in [6.45, 7) is 1.83. The monoisotopic (exact) mass is 448 g/mol. The van der Waals surface area contributed by atoms with Gasteiger partial charge in [-0.15, -0.1) is 16.4 Å². The van der Waals surface area contributed by atoms with Gasteiger partial charge >= 0.3 is 6.18 Å². The van der Waals surface area contributed by atoms with Gasteiger partial charge in [-0.05, 0) is 18.9 Å². The zero-order chi connectivity index (χ0) is 21.6. The quantitative estimate of drug-likeness (QED) is 0.496. The largest absolute Gasteiger partial charge is 0.434 e. The molecule has 0 unspecified atom stereocenters. The minimum Gasteiger partial charge on any atom is -0.340 e. The van der Waals surface area contributed by atoms with Crippen LogP contribution in [0.5, 0.6) is 0 Å². The summed E-state index contributed by atoms with van der Waals surface area (Å²) in [6.07, 6.45) is 0.613. The molecule has 4 aromatic rings. The number of nitrogens with zero attached hydrogens (tertiary/aromatic N) is 6. The van der Waals surface area contributed by atoms with E-state index in [0.29, 0.717) is 17.3 Å². The van der Waals surface area contributed by atoms with E-state index in [2.05, 4.69) is 35.5 Å². The summed E-state index contributed by atoms with van der Waals surface area (Å²) in [5, 5.41) is 14.4. The number of aromatic amines is 1. The number of thiazole rings is 1. The number of rotatable bonds is 4. The Bertz CT molecular complexity index is 1250. The molecule has 9 nitrogen and oxygen atoms in total. The molecule has 1 aliphatic heterocycles. The molecular formula is C18H15F3N8OS. The van der Waals surface area contributed by atoms with Crippen molar-refractivity contribution in [2.24, 2.45) is 0 Å². The SMILES string of the molecule is O=C(Nc1ccn2nc(N3CCCC3)nc2c1)c1[nH]ncc1-c1nc(C(F)(F)F)cs1. The number of halogens is 3. The lowest BCUT2D eigenvalue weighted by Gasteiger charge is -2.10. The van der Waals surface area contributed by atoms with E-state index in [-0.39, 0.29) is 16.3 Å². The van der Waals surface area contributed by atoms with Crippen LogP contribution in [-0.2, 0) is 6.18 Å². The maximum Gasteiger partial charge on any atom is 0.434 e. The van der Waals surface area contributed by atoms with Crippen LogP contribution >= 0.6 is 11.3 Å². The van der Waals surface area contributed by atoms with E-state index in [1.54, 1.807) is 22.8 Å². The molecule has 0 spiro atoms. The Hall–Kier alpha value is -3.48. The molecule has 0 aliphatic carbocycles. The number of fused-ring (bicyclic) bond motifs is 1. The van der Waals surface area contributed by atoms with Crippen molar-refractivity contribution in [1.29, 1.82) is 0 Å². The van der Waals surface area contributed by atoms with Crippen LogP contribution < -0.4 is 10.2 Å². The van der Waals surface area contributed by atoms with Gasteiger partial charge in [-0.1, -0.05) is 0 Å². The molecular weight excluding hydrogens is 433 g/mol. The number of alkyl halides is 3. The van der Waals surface area contributed by atoms with Crippen LogP contribution in [0, 0.1) is 0 Å². The van der Waals surface area contributed by atoms with Crippen LogP contribution in [0.1, 0.15) is 29.0 Å². The highest BCUT2D eigenvalue weighted by Crippen LogP contribution is 2.34. The molecule has 4 aromatic heterocycles. The van der Waals surface area contributed by atoms with Crippen LogP contribution in [0.25, 0.3) is 16.2 Å². The molecule has 2 N–H and O–H groups in total. The first-order chi connectivity index (χ1) is 14.9. The molecule has 1 saturated heterocycles. The van der Waals surface area contributed by atoms with Gasteiger partial charge < -0.3 is 10.2 Å². The zero-order valence-electron chi connectivity index (χ0n) is 15.8. The average molecular weight is 448 g/mol. The van der Waals surface area contributed by atoms with Crippen LogP contribution in [0.15, 0.2) is 29.9 Å². The van der Waals surface area contributed by atoms with Gasteiger partial charge in [-0.3, -0.25) is 9.89 Å². The third-order valence-electron chi connectivity index (χ3n) is 4.86. The Labute approximate surface area is 176 Å². The van der Waals surface area contributed by atoms with Gasteiger partial charge in [-0.25, -0.2) is 9.50 Å². The summed E-state index contributed by atoms with van der Waals surface area (Å²) in [7, 11) is 0. The van der Waals surface area contributed by atoms with Crippen molar-refractivity contribution in [1.82, 2.24) is 29.8 Å². The third-order valence-corrected chi connectivity index (χ3v) is 5.74. The van der Waals surface area contributed by atoms with Crippen molar-refractivity contribution in [3.8, 4) is 10.6 Å². The van der Waals surface area contributed by atoms with Crippen LogP contribution in [0.3, 0.4) is 0 Å². The predicted molar refractivity (Wildman–Crippen MR) is 107 cm³/mol. The number of carbonyl (C=O) groups is 1. The highest BCUT2D eigenvalue weighted by molar-refractivity contribution is 7.13. The molecule has 13 heteroatoms. The number of aromatic nitrogens is 6. The summed E-state index contributed by atoms with van der Waals surface area (Å²) in [6, 6.07) is 3.33. The summed E-state index contributed by atoms with van der Waals surface area (Å²) >= 11 is 0.791. The zero-order valence-corrected chi connectivity index (χ0v) is 16.7. The molecule has 1 amide bonds. The molecule has 0 radical (unpaired) electrons. The van der Waals surface area contributed by atoms with Gasteiger partial charge in [-0.2, -0.15) is 23.3 Å². The number of amides is 1. The smallest absolute Gasteiger partial charge is 0.340 e. The Morgan fingerprint density at radius 1 is 1.23 bits per heavy atom. The highest BCUT2D eigenvalue weighted by Gasteiger charge is 2.34. The number of hydrogen-bond donors (Lipinski definition) is 2. The summed E-state index contributed by atoms with van der Waals surface area (Å²) in [4.78, 5) is 22.9. The summed E-state index contributed by atoms with van der Waals surface area (Å²) in [5.41, 5.74) is 0.235. The Morgan fingerprint density at radius 3 is 2.77 bits per heavy atom. The van der Waals surface area contributed by atoms with Gasteiger partial charge in [0.05, 0.1) is 11.8 Å². The Kier molecular flexibility index (Phi) is 4.61. The van der Waals surface area contributed by atoms with E-state index in [0.717, 1.165) is 42.6 Å². The first-order valence-corrected chi connectivity index (χ1v) is 10.3. The number of H-pyrrole nitrogens is 1. The molecule has 1 fully saturated rings. The fraction of sp³-hybridized carbons (Fsp3) is 0.278. The lowest BCUT2D eigenvalue weighted by Crippen LogP contribution is -2.19. The van der Waals surface area contributed by atoms with Crippen molar-refractivity contribution in [3.63, 3.8) is 0 Å². The summed E-state index contributed by atoms with van der Waals surface area (Å²) in [5.74, 6) is 0.0842. The number of pyridine rings is 1. The number of nitrogens with one attached hydrogen (secondary N) is 2. The predicted octanol–water partition coefficient (Wildman–Crippen LogP) is 3.45. The number of hydrogen-bond acceptors (Lipinski definition) is 7. The van der Waals surface area contributed by atoms with Crippen molar-refractivity contribution < 1.29 is 18.0 Å². The first-order valence-electron chi connectivity index (χ1n) is 9.38. The Morgan fingerprint density at radius 2 is 2.03 bits per heavy atom. The standard InChI is InChI=1S/C18H15F3N8OS/c19-18(20,21)12-9-31-16(24-12)11-8-22-26-14(11)15(30)23-10-3-6-29-13(7-10)25-17(27-29)28-4-1-2-5-28/h3,6-9H,1-2,4-5H2,(H,22,26)(H,23,30). The number of anilines is 2. The second kappa shape index (κ2) is 7.34. The maximum absolute atomic E-state index is 12.8. The molecule has 1 aliphatic rings. The third kappa shape index (κ3) is 3.71. The van der Waals surface area contributed by atoms with Crippen molar-refractivity contribution in [3.05, 3.63) is 41.3 Å². The van der Waals surface area contributed by atoms with Crippen LogP contribution in [0.4, 0.5) is 24.8 Å². The lowest BCUT2D eigenvalue weighted by atomic mass is 10.2. The molecule has 0 bridgehead atoms. The molecule has 0 atom stereocenters. The molecule has 0 aromatic carbocycles. The van der Waals surface area contributed by atoms with Crippen LogP contribution in [0.2, 0.25) is 0 Å². The van der Waals surface area contributed by atoms with Gasteiger partial charge in [0.25, 0.3) is 5.91 Å². The fourth-order valence-electron chi connectivity index (χ4n) is 3.34. The Balaban J connectivity index is 1.37. The van der Waals surface area contributed by atoms with E-state index in [9.17, 15) is 18.0 Å². The van der Waals surface area contributed by atoms with E-state index in [4.69, 9.17) is 0 Å². The second-order valence-electron chi connectivity index (χ2n) is 6.97. The van der Waals surface area contributed by atoms with E-state index in [1.165, 1.54) is 6.20 Å². The van der Waals surface area contributed by atoms with Gasteiger partial charge in [0, 0.05) is 36.4 Å². The second-order valence-corrected chi connectivity index (χ2v) is 7.83. The maximum atomic E-state index is 12.8. The normalized spacial score (nSPS) is 14.5. The first kappa shape index (κ1) is 19.5. The van der Waals surface area contributed by atoms with Crippen molar-refractivity contribution >= 4 is 34.5 Å². The van der Waals surface area contributed by atoms with Gasteiger partial charge in [0.2, 0.25) is 5.95 Å². The minimum atomic E-state index is -4.55. The molecule has 5 heterocycles. The van der Waals surface area contributed by atoms with E-state index in [1.807, 2.05) is 0 Å². The van der Waals surface area contributed by atoms with Gasteiger partial charge in [0.1, 0.15) is 10.7 Å². The molecule has 0 saturated carbocycles. The van der Waals surface area contributed by atoms with Crippen molar-refractivity contribution in [2.45, 2.75) is 19.0 Å². The molecule has 160 valence electrons. The number of carbonyl (C=O) groups excluding carboxylic acids is 1. The fourth-order valence-corrected chi connectivity index (χ4v) is 4.18. The minimum absolute atomic E-state index is 0.0159. The van der Waals surface area contributed by atoms with E-state index >= 15 is 0 Å². The average Bonchev–Trinajstić information content (AvgIpc) is 3.53. The van der Waals surface area contributed by atoms with E-state index < -0.39 is 17.8 Å². The topological polar surface area (TPSA) is 104 Å². The van der Waals surface area contributed by atoms with Crippen LogP contribution in [-0.4, -0.2) is 48.8 Å². The van der Waals surface area contributed by atoms with Crippen molar-refractivity contribution in [2.75, 3.05) is 23.3 Å². The van der Waals surface area contributed by atoms with Gasteiger partial charge in [0.15, 0.2) is 11.3 Å². The molecule has 5 rings (SSSR count). The molecule has 31 heavy (non-hydrogen) atoms. The highest BCUT2D eigenvalue weighted by atomic mass is 32.1. The summed E-state index contributed by atoms with van der Waals surface area (Å²) < 4.78 is 40.2. The lowest BCUT2D eigenvalue weighted by molar-refractivity contribution is -0.140.